The first-order valence-electron chi connectivity index (χ1n) is 8.87. The van der Waals surface area contributed by atoms with E-state index in [2.05, 4.69) is 56.1 Å². The molecule has 0 aromatic heterocycles. The highest BCUT2D eigenvalue weighted by atomic mass is 32.2. The maximum absolute atomic E-state index is 11.7. The Morgan fingerprint density at radius 2 is 1.71 bits per heavy atom. The van der Waals surface area contributed by atoms with Crippen LogP contribution in [0.2, 0.25) is 0 Å². The molecule has 1 aliphatic carbocycles. The molecule has 0 N–H and O–H groups in total. The fraction of sp³-hybridized carbons (Fsp3) is 0.684. The minimum Gasteiger partial charge on any atom is -0.302 e. The van der Waals surface area contributed by atoms with E-state index in [1.165, 1.54) is 18.2 Å². The molecule has 3 rings (SSSR count). The lowest BCUT2D eigenvalue weighted by Crippen LogP contribution is -2.47. The van der Waals surface area contributed by atoms with Crippen molar-refractivity contribution in [3.63, 3.8) is 0 Å². The highest BCUT2D eigenvalue weighted by Crippen LogP contribution is 2.64. The molecule has 2 aliphatic rings. The van der Waals surface area contributed by atoms with E-state index in [0.717, 1.165) is 19.4 Å². The molecule has 1 saturated heterocycles. The molecule has 1 aromatic rings. The van der Waals surface area contributed by atoms with Gasteiger partial charge in [0.15, 0.2) is 0 Å². The van der Waals surface area contributed by atoms with Crippen molar-refractivity contribution in [1.82, 2.24) is 9.21 Å². The topological polar surface area (TPSA) is 40.6 Å². The Balaban J connectivity index is 1.68. The van der Waals surface area contributed by atoms with Crippen LogP contribution in [0.25, 0.3) is 0 Å². The van der Waals surface area contributed by atoms with Gasteiger partial charge < -0.3 is 4.90 Å². The van der Waals surface area contributed by atoms with E-state index < -0.39 is 10.0 Å². The van der Waals surface area contributed by atoms with Crippen molar-refractivity contribution >= 4 is 10.0 Å². The predicted molar refractivity (Wildman–Crippen MR) is 98.6 cm³/mol. The highest BCUT2D eigenvalue weighted by Gasteiger charge is 2.62. The third-order valence-corrected chi connectivity index (χ3v) is 7.58. The van der Waals surface area contributed by atoms with E-state index in [1.807, 2.05) is 0 Å². The Morgan fingerprint density at radius 1 is 1.17 bits per heavy atom. The molecule has 5 heteroatoms. The number of rotatable bonds is 5. The summed E-state index contributed by atoms with van der Waals surface area (Å²) in [6, 6.07) is 11.3. The zero-order valence-corrected chi connectivity index (χ0v) is 16.1. The molecular formula is C19H30N2O2S. The Kier molecular flexibility index (Phi) is 4.56. The van der Waals surface area contributed by atoms with Gasteiger partial charge in [0.05, 0.1) is 6.26 Å². The van der Waals surface area contributed by atoms with Crippen molar-refractivity contribution in [2.24, 2.45) is 5.41 Å². The Bertz CT molecular complexity index is 679. The van der Waals surface area contributed by atoms with E-state index >= 15 is 0 Å². The molecule has 4 nitrogen and oxygen atoms in total. The third-order valence-electron chi connectivity index (χ3n) is 6.28. The first kappa shape index (κ1) is 17.9. The summed E-state index contributed by atoms with van der Waals surface area (Å²) in [7, 11) is -0.836. The Hall–Kier alpha value is -0.910. The van der Waals surface area contributed by atoms with Crippen molar-refractivity contribution in [3.8, 4) is 0 Å². The number of hydrogen-bond acceptors (Lipinski definition) is 3. The molecule has 134 valence electrons. The van der Waals surface area contributed by atoms with Crippen LogP contribution >= 0.6 is 0 Å². The molecule has 1 atom stereocenters. The Labute approximate surface area is 146 Å². The fourth-order valence-electron chi connectivity index (χ4n) is 4.49. The van der Waals surface area contributed by atoms with Crippen LogP contribution in [-0.2, 0) is 15.4 Å². The summed E-state index contributed by atoms with van der Waals surface area (Å²) in [6.45, 7) is 7.07. The maximum atomic E-state index is 11.7. The average molecular weight is 351 g/mol. The number of hydrogen-bond donors (Lipinski definition) is 0. The molecule has 1 aliphatic heterocycles. The van der Waals surface area contributed by atoms with Crippen LogP contribution in [-0.4, -0.2) is 56.6 Å². The van der Waals surface area contributed by atoms with Crippen LogP contribution in [0.1, 0.15) is 38.7 Å². The lowest BCUT2D eigenvalue weighted by atomic mass is 9.86. The summed E-state index contributed by atoms with van der Waals surface area (Å²) in [5.74, 6) is 0. The summed E-state index contributed by atoms with van der Waals surface area (Å²) in [5, 5.41) is 0. The van der Waals surface area contributed by atoms with Gasteiger partial charge in [-0.2, -0.15) is 0 Å². The second-order valence-corrected chi connectivity index (χ2v) is 10.3. The lowest BCUT2D eigenvalue weighted by molar-refractivity contribution is 0.150. The van der Waals surface area contributed by atoms with Crippen molar-refractivity contribution in [2.45, 2.75) is 44.6 Å². The van der Waals surface area contributed by atoms with E-state index in [4.69, 9.17) is 0 Å². The number of sulfonamides is 1. The van der Waals surface area contributed by atoms with Crippen molar-refractivity contribution < 1.29 is 8.42 Å². The monoisotopic (exact) mass is 350 g/mol. The molecule has 1 heterocycles. The van der Waals surface area contributed by atoms with Crippen molar-refractivity contribution in [2.75, 3.05) is 32.9 Å². The van der Waals surface area contributed by atoms with Gasteiger partial charge >= 0.3 is 0 Å². The smallest absolute Gasteiger partial charge is 0.211 e. The normalized spacial score (nSPS) is 28.2. The quantitative estimate of drug-likeness (QED) is 0.820. The van der Waals surface area contributed by atoms with Gasteiger partial charge in [-0.15, -0.1) is 0 Å². The molecule has 0 amide bonds. The Morgan fingerprint density at radius 3 is 2.17 bits per heavy atom. The molecular weight excluding hydrogens is 320 g/mol. The number of nitrogens with zero attached hydrogens (tertiary/aromatic N) is 2. The summed E-state index contributed by atoms with van der Waals surface area (Å²) in [4.78, 5) is 2.47. The molecule has 0 radical (unpaired) electrons. The number of likely N-dealkylation sites (N-methyl/N-ethyl adjacent to an activating group) is 1. The maximum Gasteiger partial charge on any atom is 0.211 e. The van der Waals surface area contributed by atoms with E-state index in [1.54, 1.807) is 4.31 Å². The summed E-state index contributed by atoms with van der Waals surface area (Å²) >= 11 is 0. The highest BCUT2D eigenvalue weighted by molar-refractivity contribution is 7.88. The van der Waals surface area contributed by atoms with Gasteiger partial charge in [0.1, 0.15) is 0 Å². The SMILES string of the molecule is CN(C[C@]1(c2ccccc2)CC1(C)C)C1CCN(S(C)(=O)=O)CC1. The van der Waals surface area contributed by atoms with E-state index in [-0.39, 0.29) is 5.41 Å². The first-order valence-corrected chi connectivity index (χ1v) is 10.7. The van der Waals surface area contributed by atoms with Crippen LogP contribution in [0.15, 0.2) is 30.3 Å². The van der Waals surface area contributed by atoms with Gasteiger partial charge in [0, 0.05) is 31.1 Å². The van der Waals surface area contributed by atoms with Crippen LogP contribution in [0.5, 0.6) is 0 Å². The van der Waals surface area contributed by atoms with Crippen molar-refractivity contribution in [3.05, 3.63) is 35.9 Å². The zero-order chi connectivity index (χ0) is 17.6. The second-order valence-electron chi connectivity index (χ2n) is 8.32. The fourth-order valence-corrected chi connectivity index (χ4v) is 5.36. The third kappa shape index (κ3) is 3.26. The molecule has 1 saturated carbocycles. The van der Waals surface area contributed by atoms with Gasteiger partial charge in [-0.05, 0) is 37.3 Å². The van der Waals surface area contributed by atoms with Gasteiger partial charge in [-0.3, -0.25) is 0 Å². The van der Waals surface area contributed by atoms with E-state index in [9.17, 15) is 8.42 Å². The largest absolute Gasteiger partial charge is 0.302 e. The second kappa shape index (κ2) is 6.11. The van der Waals surface area contributed by atoms with Gasteiger partial charge in [0.2, 0.25) is 10.0 Å². The molecule has 2 fully saturated rings. The van der Waals surface area contributed by atoms with Gasteiger partial charge in [-0.25, -0.2) is 12.7 Å². The van der Waals surface area contributed by atoms with Crippen LogP contribution in [0.4, 0.5) is 0 Å². The standard InChI is InChI=1S/C19H30N2O2S/c1-18(2)14-19(18,16-8-6-5-7-9-16)15-20(3)17-10-12-21(13-11-17)24(4,22)23/h5-9,17H,10-15H2,1-4H3/t19-/m0/s1. The summed E-state index contributed by atoms with van der Waals surface area (Å²) in [6.07, 6.45) is 4.38. The molecule has 0 unspecified atom stereocenters. The van der Waals surface area contributed by atoms with E-state index in [0.29, 0.717) is 24.5 Å². The minimum atomic E-state index is -3.04. The number of benzene rings is 1. The van der Waals surface area contributed by atoms with Crippen molar-refractivity contribution in [1.29, 1.82) is 0 Å². The first-order chi connectivity index (χ1) is 11.2. The summed E-state index contributed by atoms with van der Waals surface area (Å²) < 4.78 is 25.0. The minimum absolute atomic E-state index is 0.233. The molecule has 0 spiro atoms. The predicted octanol–water partition coefficient (Wildman–Crippen LogP) is 2.71. The van der Waals surface area contributed by atoms with Crippen LogP contribution in [0.3, 0.4) is 0 Å². The van der Waals surface area contributed by atoms with Gasteiger partial charge in [0.25, 0.3) is 0 Å². The average Bonchev–Trinajstić information content (AvgIpc) is 3.09. The lowest BCUT2D eigenvalue weighted by Gasteiger charge is -2.38. The zero-order valence-electron chi connectivity index (χ0n) is 15.3. The molecule has 0 bridgehead atoms. The summed E-state index contributed by atoms with van der Waals surface area (Å²) in [5.41, 5.74) is 2.00. The molecule has 24 heavy (non-hydrogen) atoms. The molecule has 1 aromatic carbocycles. The van der Waals surface area contributed by atoms with Gasteiger partial charge in [-0.1, -0.05) is 44.2 Å². The number of piperidine rings is 1. The van der Waals surface area contributed by atoms with Crippen LogP contribution in [0, 0.1) is 5.41 Å². The van der Waals surface area contributed by atoms with Crippen LogP contribution < -0.4 is 0 Å².